The van der Waals surface area contributed by atoms with Gasteiger partial charge in [-0.3, -0.25) is 4.79 Å². The summed E-state index contributed by atoms with van der Waals surface area (Å²) < 4.78 is 4.90. The Morgan fingerprint density at radius 1 is 1.50 bits per heavy atom. The van der Waals surface area contributed by atoms with Crippen LogP contribution in [0.1, 0.15) is 20.3 Å². The maximum Gasteiger partial charge on any atom is 0.309 e. The molecule has 0 aliphatic rings. The molecule has 1 unspecified atom stereocenters. The fourth-order valence-electron chi connectivity index (χ4n) is 1.10. The van der Waals surface area contributed by atoms with E-state index in [4.69, 9.17) is 9.84 Å². The SMILES string of the molecule is CCOC(=O)C(C)CNCCSCCCO. The summed E-state index contributed by atoms with van der Waals surface area (Å²) in [5.74, 6) is 1.78. The highest BCUT2D eigenvalue weighted by Gasteiger charge is 2.12. The third kappa shape index (κ3) is 9.00. The highest BCUT2D eigenvalue weighted by molar-refractivity contribution is 7.99. The maximum atomic E-state index is 11.3. The molecule has 0 aliphatic carbocycles. The predicted octanol–water partition coefficient (Wildman–Crippen LogP) is 0.891. The van der Waals surface area contributed by atoms with E-state index >= 15 is 0 Å². The molecule has 0 aromatic rings. The van der Waals surface area contributed by atoms with Crippen LogP contribution in [0.25, 0.3) is 0 Å². The summed E-state index contributed by atoms with van der Waals surface area (Å²) in [6.07, 6.45) is 0.851. The summed E-state index contributed by atoms with van der Waals surface area (Å²) in [6, 6.07) is 0. The van der Waals surface area contributed by atoms with Crippen LogP contribution in [0.3, 0.4) is 0 Å². The number of aliphatic hydroxyl groups excluding tert-OH is 1. The van der Waals surface area contributed by atoms with Gasteiger partial charge in [0.05, 0.1) is 12.5 Å². The first-order valence-electron chi connectivity index (χ1n) is 5.78. The molecule has 0 radical (unpaired) electrons. The van der Waals surface area contributed by atoms with Crippen molar-refractivity contribution in [3.63, 3.8) is 0 Å². The Morgan fingerprint density at radius 2 is 2.25 bits per heavy atom. The predicted molar refractivity (Wildman–Crippen MR) is 67.7 cm³/mol. The molecule has 0 heterocycles. The minimum atomic E-state index is -0.136. The molecule has 0 bridgehead atoms. The van der Waals surface area contributed by atoms with Crippen molar-refractivity contribution in [1.82, 2.24) is 5.32 Å². The summed E-state index contributed by atoms with van der Waals surface area (Å²) in [5.41, 5.74) is 0. The normalized spacial score (nSPS) is 12.4. The van der Waals surface area contributed by atoms with Crippen LogP contribution in [-0.2, 0) is 9.53 Å². The first-order valence-corrected chi connectivity index (χ1v) is 6.93. The van der Waals surface area contributed by atoms with Gasteiger partial charge in [-0.15, -0.1) is 0 Å². The average Bonchev–Trinajstić information content (AvgIpc) is 2.28. The molecule has 0 fully saturated rings. The summed E-state index contributed by atoms with van der Waals surface area (Å²) in [5, 5.41) is 11.8. The Hall–Kier alpha value is -0.260. The van der Waals surface area contributed by atoms with Crippen LogP contribution < -0.4 is 5.32 Å². The minimum Gasteiger partial charge on any atom is -0.466 e. The van der Waals surface area contributed by atoms with E-state index in [0.29, 0.717) is 13.2 Å². The summed E-state index contributed by atoms with van der Waals surface area (Å²) in [4.78, 5) is 11.3. The topological polar surface area (TPSA) is 58.6 Å². The van der Waals surface area contributed by atoms with Crippen LogP contribution in [0, 0.1) is 5.92 Å². The van der Waals surface area contributed by atoms with E-state index in [1.165, 1.54) is 0 Å². The van der Waals surface area contributed by atoms with Crippen molar-refractivity contribution >= 4 is 17.7 Å². The molecule has 0 aliphatic heterocycles. The Balaban J connectivity index is 3.27. The second kappa shape index (κ2) is 11.2. The number of ether oxygens (including phenoxy) is 1. The number of aliphatic hydroxyl groups is 1. The van der Waals surface area contributed by atoms with Crippen LogP contribution in [0.15, 0.2) is 0 Å². The highest BCUT2D eigenvalue weighted by atomic mass is 32.2. The zero-order valence-electron chi connectivity index (χ0n) is 10.2. The lowest BCUT2D eigenvalue weighted by molar-refractivity contribution is -0.147. The van der Waals surface area contributed by atoms with Gasteiger partial charge in [0, 0.05) is 25.4 Å². The lowest BCUT2D eigenvalue weighted by atomic mass is 10.2. The molecule has 0 saturated carbocycles. The molecule has 0 aromatic carbocycles. The Kier molecular flexibility index (Phi) is 11.0. The van der Waals surface area contributed by atoms with Gasteiger partial charge in [-0.05, 0) is 19.1 Å². The van der Waals surface area contributed by atoms with Gasteiger partial charge in [0.25, 0.3) is 0 Å². The van der Waals surface area contributed by atoms with Gasteiger partial charge in [0.15, 0.2) is 0 Å². The van der Waals surface area contributed by atoms with Crippen LogP contribution in [-0.4, -0.2) is 48.9 Å². The minimum absolute atomic E-state index is 0.0811. The third-order valence-electron chi connectivity index (χ3n) is 2.01. The van der Waals surface area contributed by atoms with Gasteiger partial charge in [-0.1, -0.05) is 6.92 Å². The van der Waals surface area contributed by atoms with Crippen LogP contribution in [0.5, 0.6) is 0 Å². The van der Waals surface area contributed by atoms with Crippen molar-refractivity contribution in [3.05, 3.63) is 0 Å². The number of carbonyl (C=O) groups is 1. The number of hydrogen-bond donors (Lipinski definition) is 2. The molecule has 96 valence electrons. The number of esters is 1. The number of nitrogens with one attached hydrogen (secondary N) is 1. The second-order valence-electron chi connectivity index (χ2n) is 3.55. The van der Waals surface area contributed by atoms with E-state index in [0.717, 1.165) is 24.5 Å². The van der Waals surface area contributed by atoms with E-state index in [2.05, 4.69) is 5.32 Å². The van der Waals surface area contributed by atoms with Crippen molar-refractivity contribution in [1.29, 1.82) is 0 Å². The zero-order chi connectivity index (χ0) is 12.2. The van der Waals surface area contributed by atoms with Crippen LogP contribution in [0.4, 0.5) is 0 Å². The molecule has 2 N–H and O–H groups in total. The van der Waals surface area contributed by atoms with Crippen molar-refractivity contribution in [2.75, 3.05) is 37.8 Å². The molecule has 4 nitrogen and oxygen atoms in total. The summed E-state index contributed by atoms with van der Waals surface area (Å²) >= 11 is 1.81. The standard InChI is InChI=1S/C11H23NO3S/c1-3-15-11(14)10(2)9-12-5-8-16-7-4-6-13/h10,12-13H,3-9H2,1-2H3. The molecule has 0 saturated heterocycles. The van der Waals surface area contributed by atoms with Gasteiger partial charge in [0.1, 0.15) is 0 Å². The highest BCUT2D eigenvalue weighted by Crippen LogP contribution is 2.01. The Morgan fingerprint density at radius 3 is 2.88 bits per heavy atom. The molecule has 5 heteroatoms. The molecular weight excluding hydrogens is 226 g/mol. The van der Waals surface area contributed by atoms with Crippen LogP contribution in [0.2, 0.25) is 0 Å². The van der Waals surface area contributed by atoms with Gasteiger partial charge in [-0.25, -0.2) is 0 Å². The first-order chi connectivity index (χ1) is 7.72. The molecule has 16 heavy (non-hydrogen) atoms. The molecule has 0 amide bonds. The molecule has 1 atom stereocenters. The smallest absolute Gasteiger partial charge is 0.309 e. The van der Waals surface area contributed by atoms with E-state index in [1.54, 1.807) is 0 Å². The van der Waals surface area contributed by atoms with E-state index in [-0.39, 0.29) is 18.5 Å². The van der Waals surface area contributed by atoms with Crippen molar-refractivity contribution < 1.29 is 14.6 Å². The molecule has 0 aromatic heterocycles. The largest absolute Gasteiger partial charge is 0.466 e. The van der Waals surface area contributed by atoms with E-state index in [1.807, 2.05) is 25.6 Å². The number of carbonyl (C=O) groups excluding carboxylic acids is 1. The third-order valence-corrected chi connectivity index (χ3v) is 3.08. The maximum absolute atomic E-state index is 11.3. The molecule has 0 spiro atoms. The monoisotopic (exact) mass is 249 g/mol. The Bertz CT molecular complexity index is 179. The van der Waals surface area contributed by atoms with Crippen molar-refractivity contribution in [2.24, 2.45) is 5.92 Å². The van der Waals surface area contributed by atoms with Gasteiger partial charge in [0.2, 0.25) is 0 Å². The number of thioether (sulfide) groups is 1. The first kappa shape index (κ1) is 15.7. The lowest BCUT2D eigenvalue weighted by Crippen LogP contribution is -2.29. The van der Waals surface area contributed by atoms with Crippen LogP contribution >= 0.6 is 11.8 Å². The fourth-order valence-corrected chi connectivity index (χ4v) is 1.93. The van der Waals surface area contributed by atoms with Gasteiger partial charge in [-0.2, -0.15) is 11.8 Å². The zero-order valence-corrected chi connectivity index (χ0v) is 11.0. The second-order valence-corrected chi connectivity index (χ2v) is 4.77. The Labute approximate surface area is 102 Å². The van der Waals surface area contributed by atoms with E-state index < -0.39 is 0 Å². The average molecular weight is 249 g/mol. The van der Waals surface area contributed by atoms with Crippen molar-refractivity contribution in [2.45, 2.75) is 20.3 Å². The summed E-state index contributed by atoms with van der Waals surface area (Å²) in [6.45, 7) is 5.94. The van der Waals surface area contributed by atoms with E-state index in [9.17, 15) is 4.79 Å². The summed E-state index contributed by atoms with van der Waals surface area (Å²) in [7, 11) is 0. The lowest BCUT2D eigenvalue weighted by Gasteiger charge is -2.11. The van der Waals surface area contributed by atoms with Crippen molar-refractivity contribution in [3.8, 4) is 0 Å². The molecule has 0 rings (SSSR count). The molecular formula is C11H23NO3S. The fraction of sp³-hybridized carbons (Fsp3) is 0.909. The van der Waals surface area contributed by atoms with Gasteiger partial charge >= 0.3 is 5.97 Å². The number of hydrogen-bond acceptors (Lipinski definition) is 5. The van der Waals surface area contributed by atoms with Gasteiger partial charge < -0.3 is 15.2 Å². The number of rotatable bonds is 10. The quantitative estimate of drug-likeness (QED) is 0.445.